The smallest absolute Gasteiger partial charge is 0.222 e. The molecule has 1 heterocycles. The molecule has 1 aliphatic heterocycles. The molecule has 1 saturated heterocycles. The summed E-state index contributed by atoms with van der Waals surface area (Å²) in [7, 11) is 0. The van der Waals surface area contributed by atoms with E-state index >= 15 is 0 Å². The normalized spacial score (nSPS) is 18.9. The van der Waals surface area contributed by atoms with Gasteiger partial charge in [0.1, 0.15) is 0 Å². The summed E-state index contributed by atoms with van der Waals surface area (Å²) in [5.74, 6) is 0.935. The summed E-state index contributed by atoms with van der Waals surface area (Å²) in [5.41, 5.74) is 5.84. The Balaban J connectivity index is 2.33. The lowest BCUT2D eigenvalue weighted by Gasteiger charge is -2.39. The van der Waals surface area contributed by atoms with Crippen LogP contribution in [0, 0.1) is 5.92 Å². The Hall–Kier alpha value is -0.610. The number of carbonyl (C=O) groups excluding carboxylic acids is 1. The van der Waals surface area contributed by atoms with Crippen LogP contribution >= 0.6 is 0 Å². The van der Waals surface area contributed by atoms with Crippen molar-refractivity contribution in [1.82, 2.24) is 9.80 Å². The third-order valence-electron chi connectivity index (χ3n) is 4.01. The molecule has 1 fully saturated rings. The second kappa shape index (κ2) is 8.54. The summed E-state index contributed by atoms with van der Waals surface area (Å²) < 4.78 is 0. The van der Waals surface area contributed by atoms with E-state index in [-0.39, 0.29) is 0 Å². The standard InChI is InChI=1S/C15H31N3O/c1-4-5-14(12-16)17-8-10-18(11-9-17)15(19)7-6-13(2)3/h13-14H,4-12,16H2,1-3H3. The number of hydrogen-bond donors (Lipinski definition) is 1. The lowest BCUT2D eigenvalue weighted by atomic mass is 10.1. The Morgan fingerprint density at radius 3 is 2.26 bits per heavy atom. The number of rotatable bonds is 7. The van der Waals surface area contributed by atoms with Crippen molar-refractivity contribution < 1.29 is 4.79 Å². The van der Waals surface area contributed by atoms with Gasteiger partial charge >= 0.3 is 0 Å². The van der Waals surface area contributed by atoms with Crippen molar-refractivity contribution in [2.24, 2.45) is 11.7 Å². The van der Waals surface area contributed by atoms with Crippen LogP contribution < -0.4 is 5.73 Å². The third-order valence-corrected chi connectivity index (χ3v) is 4.01. The lowest BCUT2D eigenvalue weighted by molar-refractivity contribution is -0.133. The largest absolute Gasteiger partial charge is 0.340 e. The molecule has 0 bridgehead atoms. The summed E-state index contributed by atoms with van der Waals surface area (Å²) in [5, 5.41) is 0. The molecule has 1 atom stereocenters. The van der Waals surface area contributed by atoms with Crippen molar-refractivity contribution in [1.29, 1.82) is 0 Å². The van der Waals surface area contributed by atoms with E-state index in [1.165, 1.54) is 6.42 Å². The van der Waals surface area contributed by atoms with Gasteiger partial charge in [-0.3, -0.25) is 9.69 Å². The van der Waals surface area contributed by atoms with Crippen molar-refractivity contribution in [2.45, 2.75) is 52.5 Å². The molecule has 0 aliphatic carbocycles. The number of nitrogens with zero attached hydrogens (tertiary/aromatic N) is 2. The van der Waals surface area contributed by atoms with E-state index in [1.54, 1.807) is 0 Å². The maximum Gasteiger partial charge on any atom is 0.222 e. The van der Waals surface area contributed by atoms with Gasteiger partial charge in [-0.25, -0.2) is 0 Å². The van der Waals surface area contributed by atoms with Crippen LogP contribution in [0.2, 0.25) is 0 Å². The average Bonchev–Trinajstić information content (AvgIpc) is 2.42. The highest BCUT2D eigenvalue weighted by molar-refractivity contribution is 5.76. The molecular formula is C15H31N3O. The van der Waals surface area contributed by atoms with Gasteiger partial charge in [-0.1, -0.05) is 27.2 Å². The molecule has 0 saturated carbocycles. The summed E-state index contributed by atoms with van der Waals surface area (Å²) in [6.45, 7) is 11.0. The van der Waals surface area contributed by atoms with Gasteiger partial charge in [0.05, 0.1) is 0 Å². The summed E-state index contributed by atoms with van der Waals surface area (Å²) in [4.78, 5) is 16.5. The molecule has 0 spiro atoms. The zero-order valence-corrected chi connectivity index (χ0v) is 12.9. The first-order chi connectivity index (χ1) is 9.08. The predicted octanol–water partition coefficient (Wildman–Crippen LogP) is 1.69. The fraction of sp³-hybridized carbons (Fsp3) is 0.933. The van der Waals surface area contributed by atoms with Gasteiger partial charge in [0.2, 0.25) is 5.91 Å². The number of hydrogen-bond acceptors (Lipinski definition) is 3. The Morgan fingerprint density at radius 2 is 1.79 bits per heavy atom. The van der Waals surface area contributed by atoms with E-state index in [9.17, 15) is 4.79 Å². The van der Waals surface area contributed by atoms with Crippen LogP contribution in [-0.2, 0) is 4.79 Å². The first-order valence-electron chi connectivity index (χ1n) is 7.80. The summed E-state index contributed by atoms with van der Waals surface area (Å²) in [6.07, 6.45) is 4.04. The molecule has 1 unspecified atom stereocenters. The lowest BCUT2D eigenvalue weighted by Crippen LogP contribution is -2.53. The van der Waals surface area contributed by atoms with Crippen LogP contribution in [0.4, 0.5) is 0 Å². The van der Waals surface area contributed by atoms with Gasteiger partial charge < -0.3 is 10.6 Å². The van der Waals surface area contributed by atoms with Crippen molar-refractivity contribution in [2.75, 3.05) is 32.7 Å². The van der Waals surface area contributed by atoms with Crippen molar-refractivity contribution in [3.63, 3.8) is 0 Å². The molecule has 0 aromatic heterocycles. The van der Waals surface area contributed by atoms with Gasteiger partial charge in [0, 0.05) is 45.2 Å². The predicted molar refractivity (Wildman–Crippen MR) is 80.0 cm³/mol. The van der Waals surface area contributed by atoms with Gasteiger partial charge in [0.15, 0.2) is 0 Å². The highest BCUT2D eigenvalue weighted by Gasteiger charge is 2.24. The van der Waals surface area contributed by atoms with Crippen molar-refractivity contribution in [3.05, 3.63) is 0 Å². The Bertz CT molecular complexity index is 260. The molecule has 2 N–H and O–H groups in total. The third kappa shape index (κ3) is 5.49. The van der Waals surface area contributed by atoms with E-state index in [0.717, 1.165) is 45.6 Å². The molecular weight excluding hydrogens is 238 g/mol. The molecule has 112 valence electrons. The molecule has 1 aliphatic rings. The molecule has 1 rings (SSSR count). The highest BCUT2D eigenvalue weighted by atomic mass is 16.2. The van der Waals surface area contributed by atoms with Gasteiger partial charge in [-0.05, 0) is 18.8 Å². The molecule has 4 heteroatoms. The van der Waals surface area contributed by atoms with Crippen LogP contribution in [0.5, 0.6) is 0 Å². The van der Waals surface area contributed by atoms with Crippen LogP contribution in [0.1, 0.15) is 46.5 Å². The second-order valence-electron chi connectivity index (χ2n) is 6.03. The first-order valence-corrected chi connectivity index (χ1v) is 7.80. The van der Waals surface area contributed by atoms with E-state index < -0.39 is 0 Å². The molecule has 0 radical (unpaired) electrons. The number of nitrogens with two attached hydrogens (primary N) is 1. The molecule has 0 aromatic carbocycles. The zero-order valence-electron chi connectivity index (χ0n) is 12.9. The van der Waals surface area contributed by atoms with Crippen LogP contribution in [0.25, 0.3) is 0 Å². The highest BCUT2D eigenvalue weighted by Crippen LogP contribution is 2.12. The molecule has 0 aromatic rings. The average molecular weight is 269 g/mol. The number of piperazine rings is 1. The Morgan fingerprint density at radius 1 is 1.16 bits per heavy atom. The fourth-order valence-corrected chi connectivity index (χ4v) is 2.69. The SMILES string of the molecule is CCCC(CN)N1CCN(C(=O)CCC(C)C)CC1. The molecule has 19 heavy (non-hydrogen) atoms. The van der Waals surface area contributed by atoms with Gasteiger partial charge in [0.25, 0.3) is 0 Å². The van der Waals surface area contributed by atoms with Crippen molar-refractivity contribution in [3.8, 4) is 0 Å². The second-order valence-corrected chi connectivity index (χ2v) is 6.03. The van der Waals surface area contributed by atoms with Gasteiger partial charge in [-0.15, -0.1) is 0 Å². The van der Waals surface area contributed by atoms with Gasteiger partial charge in [-0.2, -0.15) is 0 Å². The zero-order chi connectivity index (χ0) is 14.3. The maximum absolute atomic E-state index is 12.1. The van der Waals surface area contributed by atoms with Crippen LogP contribution in [-0.4, -0.2) is 54.5 Å². The summed E-state index contributed by atoms with van der Waals surface area (Å²) >= 11 is 0. The minimum atomic E-state index is 0.327. The van der Waals surface area contributed by atoms with E-state index in [0.29, 0.717) is 24.3 Å². The minimum Gasteiger partial charge on any atom is -0.340 e. The number of amides is 1. The molecule has 1 amide bonds. The topological polar surface area (TPSA) is 49.6 Å². The first kappa shape index (κ1) is 16.4. The van der Waals surface area contributed by atoms with Crippen molar-refractivity contribution >= 4 is 5.91 Å². The fourth-order valence-electron chi connectivity index (χ4n) is 2.69. The Kier molecular flexibility index (Phi) is 7.39. The quantitative estimate of drug-likeness (QED) is 0.765. The Labute approximate surface area is 118 Å². The maximum atomic E-state index is 12.1. The molecule has 4 nitrogen and oxygen atoms in total. The van der Waals surface area contributed by atoms with Crippen LogP contribution in [0.3, 0.4) is 0 Å². The monoisotopic (exact) mass is 269 g/mol. The minimum absolute atomic E-state index is 0.327. The summed E-state index contributed by atoms with van der Waals surface area (Å²) in [6, 6.07) is 0.498. The van der Waals surface area contributed by atoms with Crippen LogP contribution in [0.15, 0.2) is 0 Å². The van der Waals surface area contributed by atoms with E-state index in [4.69, 9.17) is 5.73 Å². The van der Waals surface area contributed by atoms with E-state index in [2.05, 4.69) is 25.7 Å². The number of carbonyl (C=O) groups is 1. The van der Waals surface area contributed by atoms with E-state index in [1.807, 2.05) is 4.90 Å².